The molecule has 0 bridgehead atoms. The van der Waals surface area contributed by atoms with E-state index >= 15 is 0 Å². The van der Waals surface area contributed by atoms with Gasteiger partial charge in [0.05, 0.1) is 6.26 Å². The van der Waals surface area contributed by atoms with Gasteiger partial charge in [0.1, 0.15) is 30.1 Å². The summed E-state index contributed by atoms with van der Waals surface area (Å²) < 4.78 is 16.5. The van der Waals surface area contributed by atoms with Crippen molar-refractivity contribution in [2.24, 2.45) is 0 Å². The van der Waals surface area contributed by atoms with Crippen LogP contribution in [-0.2, 0) is 9.47 Å². The standard InChI is InChI=1S/C18H24O4/c1-3-18(11-7-8-12-18)22-17(19)15-9-5-6-10-16(15)21-14-13-20-4-2/h4-6,9-10H,2-3,7-8,11-14H2,1H3. The highest BCUT2D eigenvalue weighted by Crippen LogP contribution is 2.37. The van der Waals surface area contributed by atoms with Gasteiger partial charge in [0, 0.05) is 0 Å². The molecule has 1 aromatic carbocycles. The van der Waals surface area contributed by atoms with E-state index in [1.54, 1.807) is 12.1 Å². The Balaban J connectivity index is 2.04. The first-order chi connectivity index (χ1) is 10.7. The van der Waals surface area contributed by atoms with Crippen molar-refractivity contribution in [2.75, 3.05) is 13.2 Å². The molecule has 0 radical (unpaired) electrons. The van der Waals surface area contributed by atoms with Gasteiger partial charge in [0.15, 0.2) is 0 Å². The van der Waals surface area contributed by atoms with Gasteiger partial charge in [0.2, 0.25) is 0 Å². The molecule has 1 aliphatic rings. The number of para-hydroxylation sites is 1. The average Bonchev–Trinajstić information content (AvgIpc) is 3.01. The van der Waals surface area contributed by atoms with Crippen molar-refractivity contribution >= 4 is 5.97 Å². The number of esters is 1. The van der Waals surface area contributed by atoms with Crippen LogP contribution in [0.2, 0.25) is 0 Å². The second-order valence-electron chi connectivity index (χ2n) is 5.52. The van der Waals surface area contributed by atoms with Crippen molar-refractivity contribution in [1.82, 2.24) is 0 Å². The van der Waals surface area contributed by atoms with Crippen molar-refractivity contribution < 1.29 is 19.0 Å². The van der Waals surface area contributed by atoms with Crippen LogP contribution >= 0.6 is 0 Å². The third-order valence-corrected chi connectivity index (χ3v) is 4.15. The van der Waals surface area contributed by atoms with E-state index in [-0.39, 0.29) is 11.6 Å². The van der Waals surface area contributed by atoms with Gasteiger partial charge in [-0.1, -0.05) is 25.6 Å². The van der Waals surface area contributed by atoms with E-state index in [1.165, 1.54) is 6.26 Å². The van der Waals surface area contributed by atoms with E-state index in [0.717, 1.165) is 32.1 Å². The fourth-order valence-corrected chi connectivity index (χ4v) is 2.84. The molecule has 1 aliphatic carbocycles. The highest BCUT2D eigenvalue weighted by molar-refractivity contribution is 5.92. The summed E-state index contributed by atoms with van der Waals surface area (Å²) in [7, 11) is 0. The van der Waals surface area contributed by atoms with Crippen LogP contribution in [0.3, 0.4) is 0 Å². The van der Waals surface area contributed by atoms with E-state index < -0.39 is 0 Å². The van der Waals surface area contributed by atoms with Gasteiger partial charge in [-0.15, -0.1) is 0 Å². The Labute approximate surface area is 132 Å². The van der Waals surface area contributed by atoms with E-state index in [0.29, 0.717) is 24.5 Å². The summed E-state index contributed by atoms with van der Waals surface area (Å²) >= 11 is 0. The third kappa shape index (κ3) is 4.03. The lowest BCUT2D eigenvalue weighted by Crippen LogP contribution is -2.31. The molecule has 0 unspecified atom stereocenters. The predicted octanol–water partition coefficient (Wildman–Crippen LogP) is 4.11. The van der Waals surface area contributed by atoms with Gasteiger partial charge in [-0.2, -0.15) is 0 Å². The number of benzene rings is 1. The fourth-order valence-electron chi connectivity index (χ4n) is 2.84. The molecule has 0 aromatic heterocycles. The normalized spacial score (nSPS) is 16.0. The summed E-state index contributed by atoms with van der Waals surface area (Å²) in [5.41, 5.74) is 0.177. The zero-order valence-corrected chi connectivity index (χ0v) is 13.2. The molecule has 4 nitrogen and oxygen atoms in total. The molecule has 1 aromatic rings. The minimum Gasteiger partial charge on any atom is -0.498 e. The Morgan fingerprint density at radius 1 is 1.27 bits per heavy atom. The number of carbonyl (C=O) groups excluding carboxylic acids is 1. The summed E-state index contributed by atoms with van der Waals surface area (Å²) in [5.74, 6) is 0.230. The Hall–Kier alpha value is -1.97. The first-order valence-electron chi connectivity index (χ1n) is 7.88. The summed E-state index contributed by atoms with van der Waals surface area (Å²) in [6, 6.07) is 7.17. The maximum atomic E-state index is 12.5. The molecule has 0 heterocycles. The number of hydrogen-bond donors (Lipinski definition) is 0. The Kier molecular flexibility index (Phi) is 5.87. The number of rotatable bonds is 8. The first-order valence-corrected chi connectivity index (χ1v) is 7.88. The molecular weight excluding hydrogens is 280 g/mol. The topological polar surface area (TPSA) is 44.8 Å². The first kappa shape index (κ1) is 16.4. The van der Waals surface area contributed by atoms with Gasteiger partial charge in [-0.3, -0.25) is 0 Å². The van der Waals surface area contributed by atoms with E-state index in [2.05, 4.69) is 13.5 Å². The van der Waals surface area contributed by atoms with Crippen molar-refractivity contribution in [3.05, 3.63) is 42.7 Å². The summed E-state index contributed by atoms with van der Waals surface area (Å²) in [6.45, 7) is 6.30. The van der Waals surface area contributed by atoms with Crippen LogP contribution in [0, 0.1) is 0 Å². The molecular formula is C18H24O4. The van der Waals surface area contributed by atoms with Gasteiger partial charge in [-0.25, -0.2) is 4.79 Å². The zero-order chi connectivity index (χ0) is 15.8. The van der Waals surface area contributed by atoms with Crippen molar-refractivity contribution in [1.29, 1.82) is 0 Å². The number of hydrogen-bond acceptors (Lipinski definition) is 4. The molecule has 4 heteroatoms. The third-order valence-electron chi connectivity index (χ3n) is 4.15. The maximum Gasteiger partial charge on any atom is 0.342 e. The smallest absolute Gasteiger partial charge is 0.342 e. The molecule has 0 N–H and O–H groups in total. The minimum absolute atomic E-state index is 0.295. The van der Waals surface area contributed by atoms with Crippen molar-refractivity contribution in [3.63, 3.8) is 0 Å². The second kappa shape index (κ2) is 7.87. The van der Waals surface area contributed by atoms with Crippen LogP contribution in [-0.4, -0.2) is 24.8 Å². The monoisotopic (exact) mass is 304 g/mol. The van der Waals surface area contributed by atoms with Gasteiger partial charge in [0.25, 0.3) is 0 Å². The maximum absolute atomic E-state index is 12.5. The van der Waals surface area contributed by atoms with Crippen LogP contribution in [0.1, 0.15) is 49.4 Å². The molecule has 1 saturated carbocycles. The molecule has 0 amide bonds. The predicted molar refractivity (Wildman–Crippen MR) is 85.0 cm³/mol. The molecule has 0 spiro atoms. The summed E-state index contributed by atoms with van der Waals surface area (Å²) in [5, 5.41) is 0. The molecule has 120 valence electrons. The van der Waals surface area contributed by atoms with Gasteiger partial charge >= 0.3 is 5.97 Å². The fraction of sp³-hybridized carbons (Fsp3) is 0.500. The largest absolute Gasteiger partial charge is 0.498 e. The van der Waals surface area contributed by atoms with Crippen LogP contribution in [0.25, 0.3) is 0 Å². The molecule has 0 atom stereocenters. The molecule has 22 heavy (non-hydrogen) atoms. The van der Waals surface area contributed by atoms with Gasteiger partial charge < -0.3 is 14.2 Å². The lowest BCUT2D eigenvalue weighted by Gasteiger charge is -2.28. The highest BCUT2D eigenvalue weighted by atomic mass is 16.6. The Morgan fingerprint density at radius 3 is 2.68 bits per heavy atom. The highest BCUT2D eigenvalue weighted by Gasteiger charge is 2.36. The number of carbonyl (C=O) groups is 1. The zero-order valence-electron chi connectivity index (χ0n) is 13.2. The number of ether oxygens (including phenoxy) is 3. The van der Waals surface area contributed by atoms with Crippen LogP contribution < -0.4 is 4.74 Å². The second-order valence-corrected chi connectivity index (χ2v) is 5.52. The van der Waals surface area contributed by atoms with Crippen LogP contribution in [0.15, 0.2) is 37.1 Å². The minimum atomic E-state index is -0.302. The lowest BCUT2D eigenvalue weighted by molar-refractivity contribution is -0.0175. The van der Waals surface area contributed by atoms with Gasteiger partial charge in [-0.05, 0) is 44.2 Å². The van der Waals surface area contributed by atoms with Crippen molar-refractivity contribution in [2.45, 2.75) is 44.6 Å². The molecule has 0 saturated heterocycles. The SMILES string of the molecule is C=COCCOc1ccccc1C(=O)OC1(CC)CCCC1. The van der Waals surface area contributed by atoms with E-state index in [4.69, 9.17) is 14.2 Å². The summed E-state index contributed by atoms with van der Waals surface area (Å²) in [6.07, 6.45) is 6.37. The molecule has 0 aliphatic heterocycles. The Morgan fingerprint density at radius 2 is 2.00 bits per heavy atom. The molecule has 2 rings (SSSR count). The average molecular weight is 304 g/mol. The summed E-state index contributed by atoms with van der Waals surface area (Å²) in [4.78, 5) is 12.5. The van der Waals surface area contributed by atoms with Crippen molar-refractivity contribution in [3.8, 4) is 5.75 Å². The Bertz CT molecular complexity index is 504. The van der Waals surface area contributed by atoms with E-state index in [9.17, 15) is 4.79 Å². The van der Waals surface area contributed by atoms with Crippen LogP contribution in [0.4, 0.5) is 0 Å². The molecule has 1 fully saturated rings. The van der Waals surface area contributed by atoms with E-state index in [1.807, 2.05) is 12.1 Å². The van der Waals surface area contributed by atoms with Crippen LogP contribution in [0.5, 0.6) is 5.75 Å². The lowest BCUT2D eigenvalue weighted by atomic mass is 9.98. The quantitative estimate of drug-likeness (QED) is 0.412.